The average Bonchev–Trinajstić information content (AvgIpc) is 3.48. The minimum absolute atomic E-state index is 0.0394. The number of rotatable bonds is 8. The van der Waals surface area contributed by atoms with Crippen molar-refractivity contribution in [1.29, 1.82) is 0 Å². The monoisotopic (exact) mass is 526 g/mol. The van der Waals surface area contributed by atoms with E-state index in [0.29, 0.717) is 29.1 Å². The molecule has 0 saturated heterocycles. The van der Waals surface area contributed by atoms with Crippen LogP contribution in [-0.4, -0.2) is 33.5 Å². The third kappa shape index (κ3) is 5.74. The molecule has 0 atom stereocenters. The van der Waals surface area contributed by atoms with E-state index in [9.17, 15) is 18.4 Å². The zero-order chi connectivity index (χ0) is 27.4. The third-order valence-corrected chi connectivity index (χ3v) is 6.18. The van der Waals surface area contributed by atoms with E-state index in [4.69, 9.17) is 0 Å². The van der Waals surface area contributed by atoms with Crippen LogP contribution in [0.4, 0.5) is 20.3 Å². The highest BCUT2D eigenvalue weighted by Crippen LogP contribution is 2.34. The van der Waals surface area contributed by atoms with E-state index in [1.807, 2.05) is 43.4 Å². The lowest BCUT2D eigenvalue weighted by Gasteiger charge is -2.10. The molecule has 0 fully saturated rings. The molecule has 1 aliphatic rings. The average molecular weight is 527 g/mol. The number of hydrogen-bond donors (Lipinski definition) is 4. The Hall–Kier alpha value is -5.12. The Labute approximate surface area is 222 Å². The molecule has 3 heterocycles. The Morgan fingerprint density at radius 1 is 1.10 bits per heavy atom. The van der Waals surface area contributed by atoms with Gasteiger partial charge in [-0.2, -0.15) is 5.10 Å². The molecule has 5 rings (SSSR count). The Morgan fingerprint density at radius 2 is 1.97 bits per heavy atom. The first kappa shape index (κ1) is 25.5. The van der Waals surface area contributed by atoms with Crippen LogP contribution in [0.5, 0.6) is 0 Å². The molecule has 196 valence electrons. The maximum absolute atomic E-state index is 13.4. The number of fused-ring (bicyclic) bond motifs is 1. The molecule has 0 aliphatic carbocycles. The number of pyridine rings is 1. The van der Waals surface area contributed by atoms with Crippen molar-refractivity contribution in [1.82, 2.24) is 20.5 Å². The Morgan fingerprint density at radius 3 is 2.77 bits per heavy atom. The molecule has 8 nitrogen and oxygen atoms in total. The summed E-state index contributed by atoms with van der Waals surface area (Å²) in [6.07, 6.45) is 8.84. The van der Waals surface area contributed by atoms with E-state index in [1.165, 1.54) is 6.07 Å². The number of anilines is 2. The van der Waals surface area contributed by atoms with Gasteiger partial charge >= 0.3 is 0 Å². The molecule has 0 bridgehead atoms. The molecule has 4 N–H and O–H groups in total. The van der Waals surface area contributed by atoms with Gasteiger partial charge in [-0.3, -0.25) is 14.7 Å². The van der Waals surface area contributed by atoms with Crippen LogP contribution in [-0.2, 0) is 11.3 Å². The summed E-state index contributed by atoms with van der Waals surface area (Å²) >= 11 is 0. The van der Waals surface area contributed by atoms with Gasteiger partial charge in [0.05, 0.1) is 11.8 Å². The summed E-state index contributed by atoms with van der Waals surface area (Å²) in [6.45, 7) is 2.32. The standard InChI is InChI=1S/C29H24F2N6O2/c1-17-20(16-35-37-17)14-23-21-8-6-18(13-26(21)36-29(23)39)4-2-10-32-27-22(5-3-11-33-27)28(38)34-15-19-7-9-24(30)25(31)12-19/h2-9,11-14,16H,10,15H2,1H3,(H,32,33)(H,34,38)(H,35,37)(H,36,39)/b4-2?,23-14-. The number of carbonyl (C=O) groups excluding carboxylic acids is 2. The molecule has 2 aromatic carbocycles. The van der Waals surface area contributed by atoms with Gasteiger partial charge in [-0.1, -0.05) is 30.4 Å². The number of aryl methyl sites for hydroxylation is 1. The number of carbonyl (C=O) groups is 2. The molecule has 0 unspecified atom stereocenters. The first-order valence-corrected chi connectivity index (χ1v) is 12.1. The number of aromatic amines is 1. The predicted octanol–water partition coefficient (Wildman–Crippen LogP) is 4.94. The number of aromatic nitrogens is 3. The van der Waals surface area contributed by atoms with Crippen LogP contribution in [0.3, 0.4) is 0 Å². The van der Waals surface area contributed by atoms with Crippen molar-refractivity contribution < 1.29 is 18.4 Å². The molecular weight excluding hydrogens is 502 g/mol. The summed E-state index contributed by atoms with van der Waals surface area (Å²) in [5.74, 6) is -2.09. The maximum Gasteiger partial charge on any atom is 0.256 e. The van der Waals surface area contributed by atoms with Crippen LogP contribution in [0.15, 0.2) is 67.0 Å². The van der Waals surface area contributed by atoms with Gasteiger partial charge in [-0.25, -0.2) is 13.8 Å². The van der Waals surface area contributed by atoms with E-state index in [1.54, 1.807) is 24.5 Å². The molecule has 0 spiro atoms. The second-order valence-corrected chi connectivity index (χ2v) is 8.88. The normalized spacial score (nSPS) is 13.5. The molecule has 0 radical (unpaired) electrons. The highest BCUT2D eigenvalue weighted by Gasteiger charge is 2.24. The van der Waals surface area contributed by atoms with Crippen molar-refractivity contribution >= 4 is 41.0 Å². The van der Waals surface area contributed by atoms with Gasteiger partial charge in [-0.15, -0.1) is 0 Å². The first-order chi connectivity index (χ1) is 18.9. The maximum atomic E-state index is 13.4. The van der Waals surface area contributed by atoms with Gasteiger partial charge in [0.2, 0.25) is 0 Å². The van der Waals surface area contributed by atoms with Crippen LogP contribution >= 0.6 is 0 Å². The van der Waals surface area contributed by atoms with Crippen molar-refractivity contribution in [3.63, 3.8) is 0 Å². The van der Waals surface area contributed by atoms with Crippen molar-refractivity contribution in [2.45, 2.75) is 13.5 Å². The molecule has 4 aromatic rings. The van der Waals surface area contributed by atoms with Gasteiger partial charge in [0.1, 0.15) is 5.82 Å². The van der Waals surface area contributed by atoms with E-state index < -0.39 is 17.5 Å². The van der Waals surface area contributed by atoms with E-state index >= 15 is 0 Å². The van der Waals surface area contributed by atoms with Crippen LogP contribution in [0.1, 0.15) is 38.3 Å². The SMILES string of the molecule is Cc1[nH]ncc1/C=C1\C(=O)Nc2cc(C=CCNc3ncccc3C(=O)NCc3ccc(F)c(F)c3)ccc21. The van der Waals surface area contributed by atoms with Gasteiger partial charge in [0.15, 0.2) is 11.6 Å². The van der Waals surface area contributed by atoms with Gasteiger partial charge in [0.25, 0.3) is 11.8 Å². The van der Waals surface area contributed by atoms with Crippen molar-refractivity contribution in [2.75, 3.05) is 17.2 Å². The zero-order valence-corrected chi connectivity index (χ0v) is 20.9. The molecule has 39 heavy (non-hydrogen) atoms. The molecule has 0 saturated carbocycles. The molecule has 10 heteroatoms. The topological polar surface area (TPSA) is 112 Å². The fraction of sp³-hybridized carbons (Fsp3) is 0.103. The molecule has 1 aliphatic heterocycles. The summed E-state index contributed by atoms with van der Waals surface area (Å²) in [5, 5.41) is 15.6. The van der Waals surface area contributed by atoms with Crippen molar-refractivity contribution in [3.8, 4) is 0 Å². The lowest BCUT2D eigenvalue weighted by Crippen LogP contribution is -2.24. The smallest absolute Gasteiger partial charge is 0.256 e. The van der Waals surface area contributed by atoms with Crippen molar-refractivity contribution in [2.24, 2.45) is 0 Å². The highest BCUT2D eigenvalue weighted by molar-refractivity contribution is 6.35. The number of H-pyrrole nitrogens is 1. The Bertz CT molecular complexity index is 1630. The summed E-state index contributed by atoms with van der Waals surface area (Å²) in [4.78, 5) is 29.5. The lowest BCUT2D eigenvalue weighted by atomic mass is 10.0. The number of amides is 2. The summed E-state index contributed by atoms with van der Waals surface area (Å²) < 4.78 is 26.6. The van der Waals surface area contributed by atoms with Crippen LogP contribution in [0, 0.1) is 18.6 Å². The number of nitrogens with zero attached hydrogens (tertiary/aromatic N) is 2. The van der Waals surface area contributed by atoms with Gasteiger partial charge in [-0.05, 0) is 54.5 Å². The van der Waals surface area contributed by atoms with Gasteiger partial charge < -0.3 is 16.0 Å². The number of nitrogens with one attached hydrogen (secondary N) is 4. The second-order valence-electron chi connectivity index (χ2n) is 8.88. The Kier molecular flexibility index (Phi) is 7.26. The second kappa shape index (κ2) is 11.1. The predicted molar refractivity (Wildman–Crippen MR) is 146 cm³/mol. The number of benzene rings is 2. The Balaban J connectivity index is 1.21. The van der Waals surface area contributed by atoms with E-state index in [0.717, 1.165) is 40.2 Å². The van der Waals surface area contributed by atoms with Crippen LogP contribution in [0.2, 0.25) is 0 Å². The minimum atomic E-state index is -0.968. The first-order valence-electron chi connectivity index (χ1n) is 12.1. The molecule has 2 aromatic heterocycles. The number of hydrogen-bond acceptors (Lipinski definition) is 5. The van der Waals surface area contributed by atoms with Gasteiger partial charge in [0, 0.05) is 47.4 Å². The third-order valence-electron chi connectivity index (χ3n) is 6.18. The van der Waals surface area contributed by atoms with E-state index in [-0.39, 0.29) is 12.5 Å². The summed E-state index contributed by atoms with van der Waals surface area (Å²) in [7, 11) is 0. The fourth-order valence-electron chi connectivity index (χ4n) is 4.13. The quantitative estimate of drug-likeness (QED) is 0.243. The zero-order valence-electron chi connectivity index (χ0n) is 20.9. The molecular formula is C29H24F2N6O2. The highest BCUT2D eigenvalue weighted by atomic mass is 19.2. The van der Waals surface area contributed by atoms with Crippen LogP contribution in [0.25, 0.3) is 17.7 Å². The molecule has 2 amide bonds. The fourth-order valence-corrected chi connectivity index (χ4v) is 4.13. The van der Waals surface area contributed by atoms with Crippen molar-refractivity contribution in [3.05, 3.63) is 112 Å². The number of halogens is 2. The summed E-state index contributed by atoms with van der Waals surface area (Å²) in [5.41, 5.74) is 5.52. The van der Waals surface area contributed by atoms with Crippen LogP contribution < -0.4 is 16.0 Å². The largest absolute Gasteiger partial charge is 0.366 e. The summed E-state index contributed by atoms with van der Waals surface area (Å²) in [6, 6.07) is 12.5. The van der Waals surface area contributed by atoms with E-state index in [2.05, 4.69) is 31.1 Å². The minimum Gasteiger partial charge on any atom is -0.366 e. The lowest BCUT2D eigenvalue weighted by molar-refractivity contribution is -0.110.